The summed E-state index contributed by atoms with van der Waals surface area (Å²) in [5.74, 6) is 0. The normalized spacial score (nSPS) is 23.6. The van der Waals surface area contributed by atoms with Gasteiger partial charge in [-0.1, -0.05) is 6.07 Å². The minimum Gasteiger partial charge on any atom is -0.370 e. The molecule has 36 heavy (non-hydrogen) atoms. The van der Waals surface area contributed by atoms with Crippen LogP contribution in [0.3, 0.4) is 0 Å². The van der Waals surface area contributed by atoms with Crippen molar-refractivity contribution in [3.63, 3.8) is 0 Å². The summed E-state index contributed by atoms with van der Waals surface area (Å²) in [5.41, 5.74) is 6.98. The van der Waals surface area contributed by atoms with Crippen molar-refractivity contribution in [2.45, 2.75) is 32.1 Å². The van der Waals surface area contributed by atoms with Crippen LogP contribution in [0.2, 0.25) is 0 Å². The SMILES string of the molecule is C[C@@H]1CN(c2ccc(C#N)n3nccc23)C[C@H](CN2CCc3cc(N4CCN(C)CC4)ccc3C2)O1. The van der Waals surface area contributed by atoms with Crippen molar-refractivity contribution in [1.82, 2.24) is 19.4 Å². The van der Waals surface area contributed by atoms with Crippen LogP contribution in [0.15, 0.2) is 42.6 Å². The molecule has 3 aliphatic rings. The maximum atomic E-state index is 9.43. The maximum Gasteiger partial charge on any atom is 0.142 e. The maximum absolute atomic E-state index is 9.43. The van der Waals surface area contributed by atoms with Crippen molar-refractivity contribution in [1.29, 1.82) is 5.26 Å². The van der Waals surface area contributed by atoms with Gasteiger partial charge in [-0.3, -0.25) is 4.90 Å². The van der Waals surface area contributed by atoms with Crippen molar-refractivity contribution in [2.75, 3.05) is 69.2 Å². The summed E-state index contributed by atoms with van der Waals surface area (Å²) >= 11 is 0. The van der Waals surface area contributed by atoms with Gasteiger partial charge in [0.25, 0.3) is 0 Å². The Morgan fingerprint density at radius 3 is 2.69 bits per heavy atom. The van der Waals surface area contributed by atoms with E-state index in [0.717, 1.165) is 76.5 Å². The number of morpholine rings is 1. The van der Waals surface area contributed by atoms with Crippen molar-refractivity contribution in [3.05, 3.63) is 59.4 Å². The molecule has 0 unspecified atom stereocenters. The molecule has 0 amide bonds. The van der Waals surface area contributed by atoms with Gasteiger partial charge in [-0.2, -0.15) is 10.4 Å². The molecule has 0 spiro atoms. The first-order valence-corrected chi connectivity index (χ1v) is 13.1. The number of rotatable bonds is 4. The topological polar surface area (TPSA) is 63.3 Å². The summed E-state index contributed by atoms with van der Waals surface area (Å²) < 4.78 is 8.14. The summed E-state index contributed by atoms with van der Waals surface area (Å²) in [6, 6.07) is 15.2. The quantitative estimate of drug-likeness (QED) is 0.563. The average Bonchev–Trinajstić information content (AvgIpc) is 3.38. The molecule has 8 heteroatoms. The number of aromatic nitrogens is 2. The zero-order chi connectivity index (χ0) is 24.6. The second-order valence-electron chi connectivity index (χ2n) is 10.5. The van der Waals surface area contributed by atoms with Gasteiger partial charge < -0.3 is 19.4 Å². The van der Waals surface area contributed by atoms with E-state index >= 15 is 0 Å². The van der Waals surface area contributed by atoms with Gasteiger partial charge in [0.05, 0.1) is 29.6 Å². The third kappa shape index (κ3) is 4.55. The Morgan fingerprint density at radius 2 is 1.86 bits per heavy atom. The lowest BCUT2D eigenvalue weighted by atomic mass is 9.98. The molecule has 2 aromatic heterocycles. The third-order valence-electron chi connectivity index (χ3n) is 7.93. The van der Waals surface area contributed by atoms with E-state index in [1.165, 1.54) is 16.8 Å². The standard InChI is InChI=1S/C28H35N7O/c1-21-17-34(27-6-5-25(16-29)35-28(27)7-9-30-35)20-26(36-21)19-32-10-8-22-15-24(4-3-23(22)18-32)33-13-11-31(2)12-14-33/h3-7,9,15,21,26H,8,10-14,17-20H2,1-2H3/t21-,26+/m1/s1. The molecule has 0 N–H and O–H groups in total. The monoisotopic (exact) mass is 485 g/mol. The lowest BCUT2D eigenvalue weighted by Crippen LogP contribution is -2.51. The molecule has 0 bridgehead atoms. The van der Waals surface area contributed by atoms with Crippen molar-refractivity contribution in [2.24, 2.45) is 0 Å². The van der Waals surface area contributed by atoms with Crippen LogP contribution in [-0.4, -0.2) is 91.0 Å². The summed E-state index contributed by atoms with van der Waals surface area (Å²) in [5, 5.41) is 13.8. The minimum absolute atomic E-state index is 0.138. The number of hydrogen-bond donors (Lipinski definition) is 0. The Balaban J connectivity index is 1.13. The molecule has 5 heterocycles. The van der Waals surface area contributed by atoms with Gasteiger partial charge in [-0.05, 0) is 61.9 Å². The Bertz CT molecular complexity index is 1270. The van der Waals surface area contributed by atoms with Crippen LogP contribution in [0.1, 0.15) is 23.7 Å². The molecule has 6 rings (SSSR count). The fraction of sp³-hybridized carbons (Fsp3) is 0.500. The Morgan fingerprint density at radius 1 is 1.00 bits per heavy atom. The second kappa shape index (κ2) is 9.74. The summed E-state index contributed by atoms with van der Waals surface area (Å²) in [6.07, 6.45) is 3.14. The van der Waals surface area contributed by atoms with Gasteiger partial charge in [-0.25, -0.2) is 4.52 Å². The third-order valence-corrected chi connectivity index (χ3v) is 7.93. The van der Waals surface area contributed by atoms with E-state index in [-0.39, 0.29) is 12.2 Å². The lowest BCUT2D eigenvalue weighted by Gasteiger charge is -2.41. The number of fused-ring (bicyclic) bond motifs is 2. The predicted octanol–water partition coefficient (Wildman–Crippen LogP) is 2.61. The average molecular weight is 486 g/mol. The predicted molar refractivity (Wildman–Crippen MR) is 142 cm³/mol. The summed E-state index contributed by atoms with van der Waals surface area (Å²) in [6.45, 7) is 11.3. The molecule has 1 aromatic carbocycles. The highest BCUT2D eigenvalue weighted by Gasteiger charge is 2.29. The number of benzene rings is 1. The second-order valence-corrected chi connectivity index (χ2v) is 10.5. The van der Waals surface area contributed by atoms with E-state index in [1.54, 1.807) is 10.7 Å². The van der Waals surface area contributed by atoms with E-state index in [1.807, 2.05) is 12.1 Å². The molecule has 3 aliphatic heterocycles. The molecule has 2 fully saturated rings. The largest absolute Gasteiger partial charge is 0.370 e. The lowest BCUT2D eigenvalue weighted by molar-refractivity contribution is -0.0339. The van der Waals surface area contributed by atoms with Crippen LogP contribution in [0, 0.1) is 11.3 Å². The number of piperazine rings is 1. The Kier molecular flexibility index (Phi) is 6.30. The Hall–Kier alpha value is -3.12. The highest BCUT2D eigenvalue weighted by Crippen LogP contribution is 2.29. The first kappa shape index (κ1) is 23.3. The summed E-state index contributed by atoms with van der Waals surface area (Å²) in [7, 11) is 2.21. The number of nitriles is 1. The van der Waals surface area contributed by atoms with E-state index in [9.17, 15) is 5.26 Å². The molecular weight excluding hydrogens is 450 g/mol. The van der Waals surface area contributed by atoms with Gasteiger partial charge in [0, 0.05) is 64.6 Å². The number of anilines is 2. The van der Waals surface area contributed by atoms with Crippen LogP contribution in [0.5, 0.6) is 0 Å². The van der Waals surface area contributed by atoms with Crippen LogP contribution < -0.4 is 9.80 Å². The number of nitrogens with zero attached hydrogens (tertiary/aromatic N) is 7. The van der Waals surface area contributed by atoms with E-state index < -0.39 is 0 Å². The van der Waals surface area contributed by atoms with E-state index in [4.69, 9.17) is 4.74 Å². The van der Waals surface area contributed by atoms with Crippen molar-refractivity contribution >= 4 is 16.9 Å². The molecule has 3 aromatic rings. The smallest absolute Gasteiger partial charge is 0.142 e. The molecule has 188 valence electrons. The molecular formula is C28H35N7O. The van der Waals surface area contributed by atoms with Gasteiger partial charge in [0.1, 0.15) is 11.8 Å². The van der Waals surface area contributed by atoms with Gasteiger partial charge in [-0.15, -0.1) is 0 Å². The zero-order valence-electron chi connectivity index (χ0n) is 21.3. The fourth-order valence-corrected chi connectivity index (χ4v) is 6.00. The van der Waals surface area contributed by atoms with Crippen LogP contribution in [-0.2, 0) is 17.7 Å². The van der Waals surface area contributed by atoms with Gasteiger partial charge >= 0.3 is 0 Å². The number of hydrogen-bond acceptors (Lipinski definition) is 7. The minimum atomic E-state index is 0.138. The molecule has 8 nitrogen and oxygen atoms in total. The van der Waals surface area contributed by atoms with Crippen molar-refractivity contribution < 1.29 is 4.74 Å². The van der Waals surface area contributed by atoms with Gasteiger partial charge in [0.15, 0.2) is 0 Å². The summed E-state index contributed by atoms with van der Waals surface area (Å²) in [4.78, 5) is 9.88. The fourth-order valence-electron chi connectivity index (χ4n) is 6.00. The number of likely N-dealkylation sites (N-methyl/N-ethyl adjacent to an activating group) is 1. The van der Waals surface area contributed by atoms with E-state index in [2.05, 4.69) is 69.0 Å². The van der Waals surface area contributed by atoms with Crippen LogP contribution in [0.25, 0.3) is 5.52 Å². The van der Waals surface area contributed by atoms with Crippen LogP contribution in [0.4, 0.5) is 11.4 Å². The number of ether oxygens (including phenoxy) is 1. The van der Waals surface area contributed by atoms with Crippen LogP contribution >= 0.6 is 0 Å². The Labute approximate surface area is 213 Å². The number of pyridine rings is 1. The van der Waals surface area contributed by atoms with Crippen molar-refractivity contribution in [3.8, 4) is 6.07 Å². The zero-order valence-corrected chi connectivity index (χ0v) is 21.3. The molecule has 2 atom stereocenters. The first-order valence-electron chi connectivity index (χ1n) is 13.1. The van der Waals surface area contributed by atoms with E-state index in [0.29, 0.717) is 5.69 Å². The first-order chi connectivity index (χ1) is 17.6. The molecule has 0 aliphatic carbocycles. The highest BCUT2D eigenvalue weighted by molar-refractivity contribution is 5.74. The highest BCUT2D eigenvalue weighted by atomic mass is 16.5. The molecule has 0 saturated carbocycles. The molecule has 0 radical (unpaired) electrons. The van der Waals surface area contributed by atoms with Gasteiger partial charge in [0.2, 0.25) is 0 Å². The molecule has 2 saturated heterocycles.